The van der Waals surface area contributed by atoms with E-state index in [1.807, 2.05) is 32.1 Å². The number of nitrogens with zero attached hydrogens (tertiary/aromatic N) is 1. The molecule has 2 N–H and O–H groups in total. The molecule has 1 aliphatic carbocycles. The Hall–Kier alpha value is -1.78. The van der Waals surface area contributed by atoms with E-state index >= 15 is 0 Å². The van der Waals surface area contributed by atoms with Gasteiger partial charge in [-0.1, -0.05) is 18.2 Å². The van der Waals surface area contributed by atoms with Gasteiger partial charge in [0.15, 0.2) is 0 Å². The topological polar surface area (TPSA) is 72.6 Å². The second-order valence-corrected chi connectivity index (χ2v) is 5.76. The van der Waals surface area contributed by atoms with Gasteiger partial charge in [0.2, 0.25) is 5.91 Å². The minimum atomic E-state index is -0.499. The minimum Gasteiger partial charge on any atom is -0.445 e. The van der Waals surface area contributed by atoms with Crippen LogP contribution in [0.1, 0.15) is 33.1 Å². The van der Waals surface area contributed by atoms with Crippen molar-refractivity contribution in [2.45, 2.75) is 39.2 Å². The van der Waals surface area contributed by atoms with Crippen LogP contribution >= 0.6 is 0 Å². The molecule has 0 radical (unpaired) electrons. The molecule has 1 heterocycles. The quantitative estimate of drug-likeness (QED) is 0.808. The molecule has 0 bridgehead atoms. The number of ether oxygens (including phenoxy) is 1. The molecule has 0 aromatic rings. The van der Waals surface area contributed by atoms with Gasteiger partial charge in [-0.2, -0.15) is 0 Å². The van der Waals surface area contributed by atoms with Crippen LogP contribution in [-0.4, -0.2) is 36.1 Å². The van der Waals surface area contributed by atoms with Gasteiger partial charge in [0.1, 0.15) is 12.6 Å². The molecular formula is C16H24N2O3. The average Bonchev–Trinajstić information content (AvgIpc) is 3.20. The molecule has 2 aliphatic rings. The predicted octanol–water partition coefficient (Wildman–Crippen LogP) is 2.23. The van der Waals surface area contributed by atoms with Gasteiger partial charge in [-0.15, -0.1) is 0 Å². The third kappa shape index (κ3) is 3.65. The molecule has 21 heavy (non-hydrogen) atoms. The molecule has 0 aromatic carbocycles. The number of fused-ring (bicyclic) bond motifs is 1. The van der Waals surface area contributed by atoms with Gasteiger partial charge in [0.05, 0.1) is 0 Å². The number of nitrogens with two attached hydrogens (primary N) is 1. The van der Waals surface area contributed by atoms with Gasteiger partial charge in [-0.3, -0.25) is 9.69 Å². The minimum absolute atomic E-state index is 0.218. The SMILES string of the molecule is C/C=C\C(=C/C)COC(=O)N1CCCC2C[C@H]2C1C(N)=O. The molecule has 0 spiro atoms. The fourth-order valence-corrected chi connectivity index (χ4v) is 3.12. The number of hydrogen-bond acceptors (Lipinski definition) is 3. The number of allylic oxidation sites excluding steroid dienone is 2. The lowest BCUT2D eigenvalue weighted by Crippen LogP contribution is -2.49. The van der Waals surface area contributed by atoms with Crippen LogP contribution in [0, 0.1) is 11.8 Å². The Bertz CT molecular complexity index is 470. The summed E-state index contributed by atoms with van der Waals surface area (Å²) in [5, 5.41) is 0. The molecule has 3 atom stereocenters. The third-order valence-electron chi connectivity index (χ3n) is 4.33. The first-order chi connectivity index (χ1) is 10.1. The van der Waals surface area contributed by atoms with Crippen molar-refractivity contribution in [3.8, 4) is 0 Å². The maximum Gasteiger partial charge on any atom is 0.410 e. The lowest BCUT2D eigenvalue weighted by atomic mass is 10.1. The Balaban J connectivity index is 2.00. The van der Waals surface area contributed by atoms with Crippen LogP contribution in [0.4, 0.5) is 4.79 Å². The predicted molar refractivity (Wildman–Crippen MR) is 80.4 cm³/mol. The van der Waals surface area contributed by atoms with Gasteiger partial charge in [-0.25, -0.2) is 4.79 Å². The summed E-state index contributed by atoms with van der Waals surface area (Å²) in [4.78, 5) is 25.5. The number of likely N-dealkylation sites (tertiary alicyclic amines) is 1. The second-order valence-electron chi connectivity index (χ2n) is 5.76. The van der Waals surface area contributed by atoms with Crippen molar-refractivity contribution in [2.75, 3.05) is 13.2 Å². The summed E-state index contributed by atoms with van der Waals surface area (Å²) in [6.07, 6.45) is 8.24. The zero-order valence-corrected chi connectivity index (χ0v) is 12.7. The molecule has 1 saturated heterocycles. The Morgan fingerprint density at radius 1 is 1.38 bits per heavy atom. The third-order valence-corrected chi connectivity index (χ3v) is 4.33. The maximum atomic E-state index is 12.3. The molecule has 5 nitrogen and oxygen atoms in total. The molecule has 2 unspecified atom stereocenters. The summed E-state index contributed by atoms with van der Waals surface area (Å²) >= 11 is 0. The van der Waals surface area contributed by atoms with Crippen LogP contribution in [0.2, 0.25) is 0 Å². The van der Waals surface area contributed by atoms with Crippen LogP contribution < -0.4 is 5.73 Å². The lowest BCUT2D eigenvalue weighted by Gasteiger charge is -2.28. The maximum absolute atomic E-state index is 12.3. The van der Waals surface area contributed by atoms with Crippen LogP contribution in [-0.2, 0) is 9.53 Å². The van der Waals surface area contributed by atoms with Crippen molar-refractivity contribution in [1.29, 1.82) is 0 Å². The van der Waals surface area contributed by atoms with Crippen LogP contribution in [0.5, 0.6) is 0 Å². The summed E-state index contributed by atoms with van der Waals surface area (Å²) < 4.78 is 5.35. The highest BCUT2D eigenvalue weighted by Crippen LogP contribution is 2.48. The fourth-order valence-electron chi connectivity index (χ4n) is 3.12. The van der Waals surface area contributed by atoms with Crippen molar-refractivity contribution >= 4 is 12.0 Å². The standard InChI is InChI=1S/C16H24N2O3/c1-3-6-11(4-2)10-21-16(20)18-8-5-7-12-9-13(12)14(18)15(17)19/h3-4,6,12-14H,5,7-10H2,1-2H3,(H2,17,19)/b6-3-,11-4+/t12?,13-,14?/m1/s1. The number of hydrogen-bond donors (Lipinski definition) is 1. The van der Waals surface area contributed by atoms with Crippen LogP contribution in [0.3, 0.4) is 0 Å². The fraction of sp³-hybridized carbons (Fsp3) is 0.625. The number of carbonyl (C=O) groups is 2. The Labute approximate surface area is 125 Å². The molecule has 2 amide bonds. The van der Waals surface area contributed by atoms with Crippen molar-refractivity contribution in [1.82, 2.24) is 4.90 Å². The largest absolute Gasteiger partial charge is 0.445 e. The van der Waals surface area contributed by atoms with E-state index < -0.39 is 18.0 Å². The Kier molecular flexibility index (Phi) is 5.04. The average molecular weight is 292 g/mol. The highest BCUT2D eigenvalue weighted by Gasteiger charge is 2.50. The smallest absolute Gasteiger partial charge is 0.410 e. The van der Waals surface area contributed by atoms with Crippen molar-refractivity contribution < 1.29 is 14.3 Å². The highest BCUT2D eigenvalue weighted by molar-refractivity contribution is 5.85. The normalized spacial score (nSPS) is 29.0. The lowest BCUT2D eigenvalue weighted by molar-refractivity contribution is -0.123. The first-order valence-corrected chi connectivity index (χ1v) is 7.59. The Morgan fingerprint density at radius 3 is 2.76 bits per heavy atom. The number of amides is 2. The second kappa shape index (κ2) is 6.78. The molecule has 1 aliphatic heterocycles. The molecule has 2 rings (SSSR count). The van der Waals surface area contributed by atoms with Gasteiger partial charge >= 0.3 is 6.09 Å². The highest BCUT2D eigenvalue weighted by atomic mass is 16.6. The molecular weight excluding hydrogens is 268 g/mol. The molecule has 5 heteroatoms. The number of carbonyl (C=O) groups excluding carboxylic acids is 2. The zero-order chi connectivity index (χ0) is 15.4. The first-order valence-electron chi connectivity index (χ1n) is 7.59. The van der Waals surface area contributed by atoms with Crippen molar-refractivity contribution in [3.05, 3.63) is 23.8 Å². The van der Waals surface area contributed by atoms with Crippen LogP contribution in [0.25, 0.3) is 0 Å². The zero-order valence-electron chi connectivity index (χ0n) is 12.7. The first kappa shape index (κ1) is 15.6. The van der Waals surface area contributed by atoms with Gasteiger partial charge < -0.3 is 10.5 Å². The summed E-state index contributed by atoms with van der Waals surface area (Å²) in [6.45, 7) is 4.58. The van der Waals surface area contributed by atoms with E-state index in [0.29, 0.717) is 12.5 Å². The van der Waals surface area contributed by atoms with Gasteiger partial charge in [-0.05, 0) is 50.5 Å². The molecule has 116 valence electrons. The van der Waals surface area contributed by atoms with E-state index in [4.69, 9.17) is 10.5 Å². The van der Waals surface area contributed by atoms with Crippen molar-refractivity contribution in [2.24, 2.45) is 17.6 Å². The molecule has 1 saturated carbocycles. The summed E-state index contributed by atoms with van der Waals surface area (Å²) in [6, 6.07) is -0.499. The summed E-state index contributed by atoms with van der Waals surface area (Å²) in [5.41, 5.74) is 6.43. The van der Waals surface area contributed by atoms with E-state index in [-0.39, 0.29) is 12.5 Å². The van der Waals surface area contributed by atoms with E-state index in [1.165, 1.54) is 4.90 Å². The van der Waals surface area contributed by atoms with Crippen molar-refractivity contribution in [3.63, 3.8) is 0 Å². The van der Waals surface area contributed by atoms with E-state index in [0.717, 1.165) is 24.8 Å². The van der Waals surface area contributed by atoms with E-state index in [9.17, 15) is 9.59 Å². The summed E-state index contributed by atoms with van der Waals surface area (Å²) in [5.74, 6) is 0.366. The van der Waals surface area contributed by atoms with Gasteiger partial charge in [0, 0.05) is 6.54 Å². The Morgan fingerprint density at radius 2 is 2.14 bits per heavy atom. The number of primary amides is 1. The molecule has 0 aromatic heterocycles. The summed E-state index contributed by atoms with van der Waals surface area (Å²) in [7, 11) is 0. The van der Waals surface area contributed by atoms with Crippen LogP contribution in [0.15, 0.2) is 23.8 Å². The number of rotatable bonds is 4. The van der Waals surface area contributed by atoms with Gasteiger partial charge in [0.25, 0.3) is 0 Å². The molecule has 2 fully saturated rings. The van der Waals surface area contributed by atoms with E-state index in [2.05, 4.69) is 0 Å². The monoisotopic (exact) mass is 292 g/mol. The van der Waals surface area contributed by atoms with E-state index in [1.54, 1.807) is 0 Å².